The van der Waals surface area contributed by atoms with Crippen molar-refractivity contribution in [2.75, 3.05) is 6.54 Å². The van der Waals surface area contributed by atoms with Crippen LogP contribution in [0.1, 0.15) is 57.4 Å². The molecule has 3 N–H and O–H groups in total. The molecule has 3 nitrogen and oxygen atoms in total. The maximum absolute atomic E-state index is 12.1. The SMILES string of the molecule is CC(C)(CN)NC(=O)CC1CCC(c2ccccc2)CC1. The minimum Gasteiger partial charge on any atom is -0.350 e. The quantitative estimate of drug-likeness (QED) is 0.874. The minimum absolute atomic E-state index is 0.147. The zero-order chi connectivity index (χ0) is 15.3. The fraction of sp³-hybridized carbons (Fsp3) is 0.611. The first-order valence-corrected chi connectivity index (χ1v) is 8.06. The first-order valence-electron chi connectivity index (χ1n) is 8.06. The second kappa shape index (κ2) is 7.08. The summed E-state index contributed by atoms with van der Waals surface area (Å²) < 4.78 is 0. The largest absolute Gasteiger partial charge is 0.350 e. The smallest absolute Gasteiger partial charge is 0.220 e. The van der Waals surface area contributed by atoms with Crippen LogP contribution in [0.15, 0.2) is 30.3 Å². The van der Waals surface area contributed by atoms with Crippen molar-refractivity contribution in [3.8, 4) is 0 Å². The maximum Gasteiger partial charge on any atom is 0.220 e. The highest BCUT2D eigenvalue weighted by molar-refractivity contribution is 5.77. The van der Waals surface area contributed by atoms with Crippen LogP contribution < -0.4 is 11.1 Å². The van der Waals surface area contributed by atoms with E-state index in [0.717, 1.165) is 12.8 Å². The molecule has 3 heteroatoms. The van der Waals surface area contributed by atoms with Crippen LogP contribution in [0, 0.1) is 5.92 Å². The van der Waals surface area contributed by atoms with Crippen LogP contribution in [-0.2, 0) is 4.79 Å². The van der Waals surface area contributed by atoms with E-state index < -0.39 is 0 Å². The molecule has 1 saturated carbocycles. The molecule has 0 bridgehead atoms. The number of nitrogens with one attached hydrogen (secondary N) is 1. The van der Waals surface area contributed by atoms with E-state index in [0.29, 0.717) is 24.8 Å². The molecular formula is C18H28N2O. The van der Waals surface area contributed by atoms with E-state index in [2.05, 4.69) is 35.6 Å². The average molecular weight is 288 g/mol. The van der Waals surface area contributed by atoms with Gasteiger partial charge in [-0.3, -0.25) is 4.79 Å². The summed E-state index contributed by atoms with van der Waals surface area (Å²) in [6.45, 7) is 4.41. The third-order valence-electron chi connectivity index (χ3n) is 4.58. The number of carbonyl (C=O) groups excluding carboxylic acids is 1. The Hall–Kier alpha value is -1.35. The monoisotopic (exact) mass is 288 g/mol. The van der Waals surface area contributed by atoms with E-state index in [1.54, 1.807) is 0 Å². The molecule has 0 spiro atoms. The van der Waals surface area contributed by atoms with Gasteiger partial charge in [-0.2, -0.15) is 0 Å². The Kier molecular flexibility index (Phi) is 5.40. The van der Waals surface area contributed by atoms with Crippen molar-refractivity contribution in [1.29, 1.82) is 0 Å². The molecule has 0 aromatic heterocycles. The van der Waals surface area contributed by atoms with Gasteiger partial charge in [-0.15, -0.1) is 0 Å². The number of carbonyl (C=O) groups is 1. The molecule has 0 heterocycles. The molecule has 0 saturated heterocycles. The van der Waals surface area contributed by atoms with E-state index >= 15 is 0 Å². The molecule has 0 atom stereocenters. The van der Waals surface area contributed by atoms with Crippen molar-refractivity contribution in [2.45, 2.75) is 57.4 Å². The lowest BCUT2D eigenvalue weighted by Gasteiger charge is -2.30. The molecule has 1 aliphatic rings. The second-order valence-corrected chi connectivity index (χ2v) is 6.97. The molecule has 0 aliphatic heterocycles. The second-order valence-electron chi connectivity index (χ2n) is 6.97. The third-order valence-corrected chi connectivity index (χ3v) is 4.58. The fourth-order valence-corrected chi connectivity index (χ4v) is 3.17. The Balaban J connectivity index is 1.78. The lowest BCUT2D eigenvalue weighted by Crippen LogP contribution is -2.49. The van der Waals surface area contributed by atoms with Crippen molar-refractivity contribution < 1.29 is 4.79 Å². The third kappa shape index (κ3) is 4.85. The molecule has 2 rings (SSSR count). The van der Waals surface area contributed by atoms with Crippen LogP contribution in [0.25, 0.3) is 0 Å². The summed E-state index contributed by atoms with van der Waals surface area (Å²) in [5.74, 6) is 1.35. The summed E-state index contributed by atoms with van der Waals surface area (Å²) in [7, 11) is 0. The van der Waals surface area contributed by atoms with Gasteiger partial charge in [-0.1, -0.05) is 30.3 Å². The van der Waals surface area contributed by atoms with Crippen molar-refractivity contribution in [2.24, 2.45) is 11.7 Å². The molecule has 21 heavy (non-hydrogen) atoms. The number of hydrogen-bond acceptors (Lipinski definition) is 2. The summed E-state index contributed by atoms with van der Waals surface area (Å²) >= 11 is 0. The summed E-state index contributed by atoms with van der Waals surface area (Å²) in [5, 5.41) is 3.03. The Morgan fingerprint density at radius 3 is 2.38 bits per heavy atom. The highest BCUT2D eigenvalue weighted by atomic mass is 16.1. The van der Waals surface area contributed by atoms with Gasteiger partial charge >= 0.3 is 0 Å². The first kappa shape index (κ1) is 16.0. The standard InChI is InChI=1S/C18H28N2O/c1-18(2,13-19)20-17(21)12-14-8-10-16(11-9-14)15-6-4-3-5-7-15/h3-7,14,16H,8-13,19H2,1-2H3,(H,20,21). The molecule has 1 amide bonds. The van der Waals surface area contributed by atoms with Crippen LogP contribution in [0.4, 0.5) is 0 Å². The molecule has 1 aromatic rings. The Morgan fingerprint density at radius 2 is 1.81 bits per heavy atom. The number of nitrogens with two attached hydrogens (primary N) is 1. The van der Waals surface area contributed by atoms with Crippen molar-refractivity contribution in [3.63, 3.8) is 0 Å². The Bertz CT molecular complexity index is 448. The van der Waals surface area contributed by atoms with Gasteiger partial charge in [0.15, 0.2) is 0 Å². The van der Waals surface area contributed by atoms with Gasteiger partial charge in [0, 0.05) is 18.5 Å². The van der Waals surface area contributed by atoms with Gasteiger partial charge in [0.25, 0.3) is 0 Å². The zero-order valence-corrected chi connectivity index (χ0v) is 13.3. The molecule has 1 aliphatic carbocycles. The zero-order valence-electron chi connectivity index (χ0n) is 13.3. The summed E-state index contributed by atoms with van der Waals surface area (Å²) in [4.78, 5) is 12.1. The summed E-state index contributed by atoms with van der Waals surface area (Å²) in [5.41, 5.74) is 6.81. The summed E-state index contributed by atoms with van der Waals surface area (Å²) in [6.07, 6.45) is 5.33. The molecule has 1 aromatic carbocycles. The highest BCUT2D eigenvalue weighted by Gasteiger charge is 2.25. The molecule has 0 radical (unpaired) electrons. The van der Waals surface area contributed by atoms with Crippen molar-refractivity contribution >= 4 is 5.91 Å². The molecule has 116 valence electrons. The van der Waals surface area contributed by atoms with E-state index in [4.69, 9.17) is 5.73 Å². The van der Waals surface area contributed by atoms with Crippen molar-refractivity contribution in [1.82, 2.24) is 5.32 Å². The van der Waals surface area contributed by atoms with Crippen LogP contribution in [0.3, 0.4) is 0 Å². The normalized spacial score (nSPS) is 22.8. The van der Waals surface area contributed by atoms with Gasteiger partial charge in [0.2, 0.25) is 5.91 Å². The Labute approximate surface area is 128 Å². The average Bonchev–Trinajstić information content (AvgIpc) is 2.48. The van der Waals surface area contributed by atoms with E-state index in [1.807, 2.05) is 13.8 Å². The van der Waals surface area contributed by atoms with E-state index in [-0.39, 0.29) is 11.4 Å². The van der Waals surface area contributed by atoms with Crippen LogP contribution in [-0.4, -0.2) is 18.0 Å². The van der Waals surface area contributed by atoms with Crippen LogP contribution in [0.5, 0.6) is 0 Å². The van der Waals surface area contributed by atoms with Gasteiger partial charge in [0.1, 0.15) is 0 Å². The number of rotatable bonds is 5. The lowest BCUT2D eigenvalue weighted by molar-refractivity contribution is -0.123. The number of benzene rings is 1. The van der Waals surface area contributed by atoms with Gasteiger partial charge in [-0.25, -0.2) is 0 Å². The Morgan fingerprint density at radius 1 is 1.19 bits per heavy atom. The summed E-state index contributed by atoms with van der Waals surface area (Å²) in [6, 6.07) is 10.7. The molecular weight excluding hydrogens is 260 g/mol. The van der Waals surface area contributed by atoms with E-state index in [1.165, 1.54) is 18.4 Å². The number of hydrogen-bond donors (Lipinski definition) is 2. The van der Waals surface area contributed by atoms with Crippen LogP contribution >= 0.6 is 0 Å². The van der Waals surface area contributed by atoms with E-state index in [9.17, 15) is 4.79 Å². The predicted octanol–water partition coefficient (Wildman–Crippen LogP) is 3.20. The first-order chi connectivity index (χ1) is 10.00. The van der Waals surface area contributed by atoms with Gasteiger partial charge < -0.3 is 11.1 Å². The van der Waals surface area contributed by atoms with Gasteiger partial charge in [-0.05, 0) is 56.9 Å². The highest BCUT2D eigenvalue weighted by Crippen LogP contribution is 2.36. The fourth-order valence-electron chi connectivity index (χ4n) is 3.17. The van der Waals surface area contributed by atoms with Crippen molar-refractivity contribution in [3.05, 3.63) is 35.9 Å². The van der Waals surface area contributed by atoms with Crippen LogP contribution in [0.2, 0.25) is 0 Å². The minimum atomic E-state index is -0.293. The molecule has 1 fully saturated rings. The number of amides is 1. The predicted molar refractivity (Wildman–Crippen MR) is 87.0 cm³/mol. The topological polar surface area (TPSA) is 55.1 Å². The lowest BCUT2D eigenvalue weighted by atomic mass is 9.77. The molecule has 0 unspecified atom stereocenters. The maximum atomic E-state index is 12.1. The van der Waals surface area contributed by atoms with Gasteiger partial charge in [0.05, 0.1) is 0 Å².